The van der Waals surface area contributed by atoms with Crippen LogP contribution >= 0.6 is 0 Å². The molecule has 1 aromatic carbocycles. The summed E-state index contributed by atoms with van der Waals surface area (Å²) in [6.45, 7) is 2.25. The number of nitrogens with one attached hydrogen (secondary N) is 2. The van der Waals surface area contributed by atoms with E-state index in [0.29, 0.717) is 11.7 Å². The van der Waals surface area contributed by atoms with Gasteiger partial charge in [0.25, 0.3) is 0 Å². The fourth-order valence-electron chi connectivity index (χ4n) is 2.66. The SMILES string of the molecule is CCC1CCC(Nc2ccc(NS(C)(=O)=O)cc2)C1. The van der Waals surface area contributed by atoms with Gasteiger partial charge in [0.1, 0.15) is 0 Å². The molecule has 2 rings (SSSR count). The van der Waals surface area contributed by atoms with E-state index in [1.807, 2.05) is 12.1 Å². The van der Waals surface area contributed by atoms with Crippen molar-refractivity contribution in [3.63, 3.8) is 0 Å². The number of rotatable bonds is 5. The maximum absolute atomic E-state index is 11.1. The van der Waals surface area contributed by atoms with Gasteiger partial charge in [-0.05, 0) is 49.4 Å². The highest BCUT2D eigenvalue weighted by atomic mass is 32.2. The van der Waals surface area contributed by atoms with Crippen LogP contribution in [0.1, 0.15) is 32.6 Å². The summed E-state index contributed by atoms with van der Waals surface area (Å²) in [5.74, 6) is 0.851. The summed E-state index contributed by atoms with van der Waals surface area (Å²) in [4.78, 5) is 0. The van der Waals surface area contributed by atoms with Gasteiger partial charge in [0, 0.05) is 17.4 Å². The van der Waals surface area contributed by atoms with E-state index in [0.717, 1.165) is 17.9 Å². The van der Waals surface area contributed by atoms with Crippen LogP contribution in [0.2, 0.25) is 0 Å². The van der Waals surface area contributed by atoms with Crippen molar-refractivity contribution in [2.75, 3.05) is 16.3 Å². The zero-order valence-electron chi connectivity index (χ0n) is 11.5. The van der Waals surface area contributed by atoms with Crippen LogP contribution in [0.15, 0.2) is 24.3 Å². The van der Waals surface area contributed by atoms with E-state index in [2.05, 4.69) is 17.0 Å². The van der Waals surface area contributed by atoms with E-state index in [4.69, 9.17) is 0 Å². The Morgan fingerprint density at radius 1 is 1.16 bits per heavy atom. The van der Waals surface area contributed by atoms with Gasteiger partial charge in [0.2, 0.25) is 10.0 Å². The number of benzene rings is 1. The Morgan fingerprint density at radius 3 is 2.32 bits per heavy atom. The monoisotopic (exact) mass is 282 g/mol. The maximum atomic E-state index is 11.1. The first-order chi connectivity index (χ1) is 8.96. The molecule has 5 heteroatoms. The number of anilines is 2. The lowest BCUT2D eigenvalue weighted by Gasteiger charge is -2.15. The molecule has 106 valence electrons. The smallest absolute Gasteiger partial charge is 0.229 e. The van der Waals surface area contributed by atoms with Gasteiger partial charge in [0.05, 0.1) is 6.26 Å². The fraction of sp³-hybridized carbons (Fsp3) is 0.571. The highest BCUT2D eigenvalue weighted by Gasteiger charge is 2.22. The summed E-state index contributed by atoms with van der Waals surface area (Å²) >= 11 is 0. The number of sulfonamides is 1. The van der Waals surface area contributed by atoms with Crippen molar-refractivity contribution >= 4 is 21.4 Å². The molecule has 2 N–H and O–H groups in total. The summed E-state index contributed by atoms with van der Waals surface area (Å²) < 4.78 is 24.7. The molecule has 0 saturated heterocycles. The zero-order valence-corrected chi connectivity index (χ0v) is 12.3. The molecule has 0 aromatic heterocycles. The van der Waals surface area contributed by atoms with Crippen LogP contribution in [0.5, 0.6) is 0 Å². The molecule has 1 aromatic rings. The van der Waals surface area contributed by atoms with E-state index in [1.54, 1.807) is 12.1 Å². The average Bonchev–Trinajstić information content (AvgIpc) is 2.77. The summed E-state index contributed by atoms with van der Waals surface area (Å²) in [6, 6.07) is 7.98. The van der Waals surface area contributed by atoms with E-state index in [-0.39, 0.29) is 0 Å². The molecule has 0 bridgehead atoms. The van der Waals surface area contributed by atoms with Gasteiger partial charge < -0.3 is 5.32 Å². The van der Waals surface area contributed by atoms with Crippen LogP contribution in [0, 0.1) is 5.92 Å². The van der Waals surface area contributed by atoms with Gasteiger partial charge in [-0.1, -0.05) is 13.3 Å². The molecule has 1 aliphatic rings. The second-order valence-corrected chi connectivity index (χ2v) is 7.13. The summed E-state index contributed by atoms with van der Waals surface area (Å²) in [5, 5.41) is 3.52. The Kier molecular flexibility index (Phi) is 4.34. The van der Waals surface area contributed by atoms with Gasteiger partial charge in [-0.15, -0.1) is 0 Å². The zero-order chi connectivity index (χ0) is 13.9. The van der Waals surface area contributed by atoms with Crippen LogP contribution in [0.3, 0.4) is 0 Å². The highest BCUT2D eigenvalue weighted by Crippen LogP contribution is 2.30. The standard InChI is InChI=1S/C14H22N2O2S/c1-3-11-4-5-14(10-11)15-12-6-8-13(9-7-12)16-19(2,17)18/h6-9,11,14-16H,3-5,10H2,1-2H3. The van der Waals surface area contributed by atoms with E-state index < -0.39 is 10.0 Å². The molecule has 1 aliphatic carbocycles. The van der Waals surface area contributed by atoms with Crippen molar-refractivity contribution in [2.45, 2.75) is 38.6 Å². The minimum absolute atomic E-state index is 0.554. The molecule has 0 radical (unpaired) electrons. The first kappa shape index (κ1) is 14.2. The lowest BCUT2D eigenvalue weighted by atomic mass is 10.1. The Labute approximate surface area is 115 Å². The van der Waals surface area contributed by atoms with Crippen LogP contribution in [0.25, 0.3) is 0 Å². The minimum atomic E-state index is -3.19. The molecule has 1 fully saturated rings. The molecule has 0 spiro atoms. The summed E-state index contributed by atoms with van der Waals surface area (Å²) in [5.41, 5.74) is 1.66. The van der Waals surface area contributed by atoms with Gasteiger partial charge in [-0.3, -0.25) is 4.72 Å². The lowest BCUT2D eigenvalue weighted by Crippen LogP contribution is -2.15. The summed E-state index contributed by atoms with van der Waals surface area (Å²) in [7, 11) is -3.19. The second-order valence-electron chi connectivity index (χ2n) is 5.38. The van der Waals surface area contributed by atoms with Crippen molar-refractivity contribution in [2.24, 2.45) is 5.92 Å². The molecule has 0 amide bonds. The van der Waals surface area contributed by atoms with Gasteiger partial charge in [-0.25, -0.2) is 8.42 Å². The third kappa shape index (κ3) is 4.42. The van der Waals surface area contributed by atoms with Crippen molar-refractivity contribution in [3.05, 3.63) is 24.3 Å². The predicted octanol–water partition coefficient (Wildman–Crippen LogP) is 3.05. The first-order valence-electron chi connectivity index (χ1n) is 6.80. The van der Waals surface area contributed by atoms with Crippen LogP contribution in [0.4, 0.5) is 11.4 Å². The molecule has 4 nitrogen and oxygen atoms in total. The fourth-order valence-corrected chi connectivity index (χ4v) is 3.23. The molecule has 0 aliphatic heterocycles. The second kappa shape index (κ2) is 5.82. The summed E-state index contributed by atoms with van der Waals surface area (Å²) in [6.07, 6.45) is 6.18. The molecular weight excluding hydrogens is 260 g/mol. The molecule has 0 heterocycles. The molecular formula is C14H22N2O2S. The van der Waals surface area contributed by atoms with Gasteiger partial charge in [0.15, 0.2) is 0 Å². The van der Waals surface area contributed by atoms with Crippen molar-refractivity contribution in [1.29, 1.82) is 0 Å². The topological polar surface area (TPSA) is 58.2 Å². The average molecular weight is 282 g/mol. The third-order valence-electron chi connectivity index (χ3n) is 3.68. The van der Waals surface area contributed by atoms with E-state index in [9.17, 15) is 8.42 Å². The van der Waals surface area contributed by atoms with Crippen molar-refractivity contribution < 1.29 is 8.42 Å². The Bertz CT molecular complexity index is 511. The van der Waals surface area contributed by atoms with Crippen LogP contribution in [-0.4, -0.2) is 20.7 Å². The van der Waals surface area contributed by atoms with Crippen LogP contribution < -0.4 is 10.0 Å². The quantitative estimate of drug-likeness (QED) is 0.872. The number of hydrogen-bond acceptors (Lipinski definition) is 3. The Morgan fingerprint density at radius 2 is 1.79 bits per heavy atom. The molecule has 2 atom stereocenters. The van der Waals surface area contributed by atoms with Crippen LogP contribution in [-0.2, 0) is 10.0 Å². The van der Waals surface area contributed by atoms with Crippen molar-refractivity contribution in [1.82, 2.24) is 0 Å². The van der Waals surface area contributed by atoms with E-state index in [1.165, 1.54) is 25.7 Å². The molecule has 2 unspecified atom stereocenters. The molecule has 19 heavy (non-hydrogen) atoms. The Hall–Kier alpha value is -1.23. The van der Waals surface area contributed by atoms with Gasteiger partial charge in [-0.2, -0.15) is 0 Å². The largest absolute Gasteiger partial charge is 0.382 e. The third-order valence-corrected chi connectivity index (χ3v) is 4.28. The van der Waals surface area contributed by atoms with Crippen molar-refractivity contribution in [3.8, 4) is 0 Å². The first-order valence-corrected chi connectivity index (χ1v) is 8.70. The lowest BCUT2D eigenvalue weighted by molar-refractivity contribution is 0.525. The normalized spacial score (nSPS) is 23.3. The Balaban J connectivity index is 1.92. The highest BCUT2D eigenvalue weighted by molar-refractivity contribution is 7.92. The predicted molar refractivity (Wildman–Crippen MR) is 80.0 cm³/mol. The maximum Gasteiger partial charge on any atom is 0.229 e. The number of hydrogen-bond donors (Lipinski definition) is 2. The van der Waals surface area contributed by atoms with Gasteiger partial charge >= 0.3 is 0 Å². The minimum Gasteiger partial charge on any atom is -0.382 e. The van der Waals surface area contributed by atoms with E-state index >= 15 is 0 Å². The molecule has 1 saturated carbocycles.